The molecule has 0 unspecified atom stereocenters. The molecule has 4 nitrogen and oxygen atoms in total. The molecule has 23 heavy (non-hydrogen) atoms. The highest BCUT2D eigenvalue weighted by Gasteiger charge is 2.70. The minimum Gasteiger partial charge on any atom is -0.481 e. The lowest BCUT2D eigenvalue weighted by atomic mass is 9.82. The van der Waals surface area contributed by atoms with Gasteiger partial charge in [0.15, 0.2) is 0 Å². The highest BCUT2D eigenvalue weighted by Crippen LogP contribution is 2.72. The molecule has 0 aliphatic heterocycles. The molecule has 2 N–H and O–H groups in total. The summed E-state index contributed by atoms with van der Waals surface area (Å²) in [6.45, 7) is 0. The number of allylic oxidation sites excluding steroid dienone is 2. The van der Waals surface area contributed by atoms with Gasteiger partial charge in [0.2, 0.25) is 5.91 Å². The zero-order valence-electron chi connectivity index (χ0n) is 12.1. The number of carboxylic acids is 1. The summed E-state index contributed by atoms with van der Waals surface area (Å²) in [6.07, 6.45) is 6.06. The summed E-state index contributed by atoms with van der Waals surface area (Å²) in [5, 5.41) is 13.2. The quantitative estimate of drug-likeness (QED) is 0.813. The molecule has 1 aromatic carbocycles. The van der Waals surface area contributed by atoms with Crippen molar-refractivity contribution >= 4 is 40.8 Å². The van der Waals surface area contributed by atoms with Gasteiger partial charge >= 0.3 is 5.97 Å². The molecule has 4 atom stereocenters. The number of benzene rings is 1. The van der Waals surface area contributed by atoms with Crippen molar-refractivity contribution in [3.63, 3.8) is 0 Å². The van der Waals surface area contributed by atoms with Crippen LogP contribution >= 0.6 is 23.2 Å². The first kappa shape index (κ1) is 15.0. The molecule has 3 aliphatic rings. The predicted molar refractivity (Wildman–Crippen MR) is 87.5 cm³/mol. The first-order valence-corrected chi connectivity index (χ1v) is 8.37. The number of carbonyl (C=O) groups excluding carboxylic acids is 1. The molecule has 2 saturated carbocycles. The Morgan fingerprint density at radius 2 is 1.74 bits per heavy atom. The molecule has 1 amide bonds. The van der Waals surface area contributed by atoms with Gasteiger partial charge in [-0.05, 0) is 48.3 Å². The monoisotopic (exact) mass is 351 g/mol. The Morgan fingerprint density at radius 1 is 1.09 bits per heavy atom. The zero-order valence-corrected chi connectivity index (χ0v) is 13.6. The number of hydrogen-bond donors (Lipinski definition) is 2. The minimum atomic E-state index is -0.887. The number of aliphatic carboxylic acids is 1. The van der Waals surface area contributed by atoms with Crippen molar-refractivity contribution in [2.75, 3.05) is 5.32 Å². The van der Waals surface area contributed by atoms with E-state index < -0.39 is 17.8 Å². The van der Waals surface area contributed by atoms with E-state index in [1.54, 1.807) is 18.2 Å². The molecule has 120 valence electrons. The second kappa shape index (κ2) is 4.99. The van der Waals surface area contributed by atoms with Crippen LogP contribution in [0.1, 0.15) is 12.8 Å². The second-order valence-corrected chi connectivity index (χ2v) is 7.49. The average molecular weight is 352 g/mol. The van der Waals surface area contributed by atoms with Gasteiger partial charge in [-0.2, -0.15) is 0 Å². The fraction of sp³-hybridized carbons (Fsp3) is 0.412. The van der Waals surface area contributed by atoms with Crippen LogP contribution in [0.4, 0.5) is 5.69 Å². The molecule has 2 fully saturated rings. The van der Waals surface area contributed by atoms with E-state index in [1.165, 1.54) is 0 Å². The van der Waals surface area contributed by atoms with Crippen LogP contribution in [0.3, 0.4) is 0 Å². The molecule has 0 heterocycles. The van der Waals surface area contributed by atoms with E-state index in [1.807, 2.05) is 12.2 Å². The summed E-state index contributed by atoms with van der Waals surface area (Å²) in [4.78, 5) is 24.5. The lowest BCUT2D eigenvalue weighted by molar-refractivity contribution is -0.146. The highest BCUT2D eigenvalue weighted by molar-refractivity contribution is 6.42. The van der Waals surface area contributed by atoms with Crippen molar-refractivity contribution in [2.45, 2.75) is 12.8 Å². The Morgan fingerprint density at radius 3 is 2.30 bits per heavy atom. The lowest BCUT2D eigenvalue weighted by Gasteiger charge is -2.23. The SMILES string of the molecule is O=C(Nc1ccc(Cl)c(Cl)c1)[C@@H]1[C@H](C(=O)O)[C@H]2C=C[C@H]1C21CC1. The largest absolute Gasteiger partial charge is 0.481 e. The molecule has 1 spiro atoms. The van der Waals surface area contributed by atoms with Crippen LogP contribution in [0.2, 0.25) is 10.0 Å². The van der Waals surface area contributed by atoms with Crippen molar-refractivity contribution in [3.8, 4) is 0 Å². The molecule has 0 aromatic heterocycles. The molecule has 3 aliphatic carbocycles. The van der Waals surface area contributed by atoms with Gasteiger partial charge in [-0.3, -0.25) is 9.59 Å². The smallest absolute Gasteiger partial charge is 0.307 e. The van der Waals surface area contributed by atoms with Gasteiger partial charge < -0.3 is 10.4 Å². The molecule has 0 radical (unpaired) electrons. The number of rotatable bonds is 3. The van der Waals surface area contributed by atoms with Crippen molar-refractivity contribution in [2.24, 2.45) is 29.1 Å². The van der Waals surface area contributed by atoms with E-state index in [0.717, 1.165) is 12.8 Å². The Kier molecular flexibility index (Phi) is 3.26. The molecular weight excluding hydrogens is 337 g/mol. The summed E-state index contributed by atoms with van der Waals surface area (Å²) in [5.74, 6) is -2.30. The third-order valence-corrected chi connectivity index (χ3v) is 6.36. The standard InChI is InChI=1S/C17H15Cl2NO3/c18-11-4-1-8(7-12(11)19)20-15(21)13-9-2-3-10(14(13)16(22)23)17(9)5-6-17/h1-4,7,9-10,13-14H,5-6H2,(H,20,21)(H,22,23)/t9-,10-,13+,14-/m1/s1. The number of carboxylic acid groups (broad SMARTS) is 1. The number of hydrogen-bond acceptors (Lipinski definition) is 2. The Bertz CT molecular complexity index is 741. The lowest BCUT2D eigenvalue weighted by Crippen LogP contribution is -2.36. The first-order chi connectivity index (χ1) is 10.9. The van der Waals surface area contributed by atoms with Crippen molar-refractivity contribution in [1.82, 2.24) is 0 Å². The average Bonchev–Trinajstić information content (AvgIpc) is 3.16. The van der Waals surface area contributed by atoms with Crippen molar-refractivity contribution < 1.29 is 14.7 Å². The molecular formula is C17H15Cl2NO3. The zero-order chi connectivity index (χ0) is 16.4. The number of anilines is 1. The normalized spacial score (nSPS) is 32.3. The second-order valence-electron chi connectivity index (χ2n) is 6.68. The summed E-state index contributed by atoms with van der Waals surface area (Å²) in [6, 6.07) is 4.85. The van der Waals surface area contributed by atoms with Gasteiger partial charge in [-0.1, -0.05) is 35.4 Å². The minimum absolute atomic E-state index is 0.0166. The van der Waals surface area contributed by atoms with Crippen LogP contribution in [0, 0.1) is 29.1 Å². The molecule has 6 heteroatoms. The number of nitrogens with one attached hydrogen (secondary N) is 1. The van der Waals surface area contributed by atoms with Crippen molar-refractivity contribution in [3.05, 3.63) is 40.4 Å². The van der Waals surface area contributed by atoms with Gasteiger partial charge in [-0.25, -0.2) is 0 Å². The number of halogens is 2. The van der Waals surface area contributed by atoms with E-state index >= 15 is 0 Å². The van der Waals surface area contributed by atoms with Crippen molar-refractivity contribution in [1.29, 1.82) is 0 Å². The molecule has 0 saturated heterocycles. The Balaban J connectivity index is 1.61. The van der Waals surface area contributed by atoms with E-state index in [-0.39, 0.29) is 23.2 Å². The fourth-order valence-electron chi connectivity index (χ4n) is 4.49. The van der Waals surface area contributed by atoms with E-state index in [4.69, 9.17) is 23.2 Å². The van der Waals surface area contributed by atoms with E-state index in [9.17, 15) is 14.7 Å². The van der Waals surface area contributed by atoms with Gasteiger partial charge in [0.1, 0.15) is 0 Å². The summed E-state index contributed by atoms with van der Waals surface area (Å²) < 4.78 is 0. The first-order valence-electron chi connectivity index (χ1n) is 7.61. The van der Waals surface area contributed by atoms with Crippen LogP contribution in [0.25, 0.3) is 0 Å². The molecule has 1 aromatic rings. The Hall–Kier alpha value is -1.52. The number of carbonyl (C=O) groups is 2. The van der Waals surface area contributed by atoms with E-state index in [0.29, 0.717) is 15.7 Å². The van der Waals surface area contributed by atoms with Crippen LogP contribution in [-0.2, 0) is 9.59 Å². The van der Waals surface area contributed by atoms with Crippen LogP contribution in [0.5, 0.6) is 0 Å². The van der Waals surface area contributed by atoms with Crippen LogP contribution in [0.15, 0.2) is 30.4 Å². The van der Waals surface area contributed by atoms with Crippen LogP contribution in [-0.4, -0.2) is 17.0 Å². The molecule has 4 rings (SSSR count). The maximum atomic E-state index is 12.7. The summed E-state index contributed by atoms with van der Waals surface area (Å²) in [5.41, 5.74) is 0.549. The highest BCUT2D eigenvalue weighted by atomic mass is 35.5. The molecule has 2 bridgehead atoms. The van der Waals surface area contributed by atoms with Gasteiger partial charge in [-0.15, -0.1) is 0 Å². The maximum absolute atomic E-state index is 12.7. The maximum Gasteiger partial charge on any atom is 0.307 e. The summed E-state index contributed by atoms with van der Waals surface area (Å²) in [7, 11) is 0. The van der Waals surface area contributed by atoms with Gasteiger partial charge in [0, 0.05) is 5.69 Å². The van der Waals surface area contributed by atoms with E-state index in [2.05, 4.69) is 5.32 Å². The van der Waals surface area contributed by atoms with Crippen LogP contribution < -0.4 is 5.32 Å². The topological polar surface area (TPSA) is 66.4 Å². The predicted octanol–water partition coefficient (Wildman–Crippen LogP) is 3.84. The fourth-order valence-corrected chi connectivity index (χ4v) is 4.79. The van der Waals surface area contributed by atoms with Gasteiger partial charge in [0.05, 0.1) is 21.9 Å². The number of amides is 1. The third-order valence-electron chi connectivity index (χ3n) is 5.62. The summed E-state index contributed by atoms with van der Waals surface area (Å²) >= 11 is 11.8. The Labute approximate surface area is 143 Å². The third kappa shape index (κ3) is 2.12. The van der Waals surface area contributed by atoms with Gasteiger partial charge in [0.25, 0.3) is 0 Å².